The van der Waals surface area contributed by atoms with Crippen molar-refractivity contribution in [1.82, 2.24) is 14.5 Å². The number of para-hydroxylation sites is 4. The van der Waals surface area contributed by atoms with Crippen LogP contribution in [0.25, 0.3) is 28.1 Å². The molecule has 2 aromatic carbocycles. The van der Waals surface area contributed by atoms with Crippen LogP contribution in [-0.4, -0.2) is 26.9 Å². The molecule has 1 N–H and O–H groups in total. The smallest absolute Gasteiger partial charge is 0.404 e. The number of nitrogens with zero attached hydrogens (tertiary/aromatic N) is 4. The second kappa shape index (κ2) is 9.57. The van der Waals surface area contributed by atoms with E-state index in [1.807, 2.05) is 69.3 Å². The number of benzene rings is 3. The second-order valence-electron chi connectivity index (χ2n) is 8.79. The summed E-state index contributed by atoms with van der Waals surface area (Å²) in [6.45, 7) is 5.82. The summed E-state index contributed by atoms with van der Waals surface area (Å²) in [4.78, 5) is 14.0. The predicted octanol–water partition coefficient (Wildman–Crippen LogP) is 6.79. The minimum Gasteiger partial charge on any atom is -0.404 e. The summed E-state index contributed by atoms with van der Waals surface area (Å²) in [5.74, 6) is -0.312. The van der Waals surface area contributed by atoms with Gasteiger partial charge in [-0.05, 0) is 69.3 Å². The van der Waals surface area contributed by atoms with E-state index < -0.39 is 6.36 Å². The maximum absolute atomic E-state index is 13.3. The van der Waals surface area contributed by atoms with Gasteiger partial charge < -0.3 is 14.6 Å². The number of anilines is 2. The molecule has 0 atom stereocenters. The summed E-state index contributed by atoms with van der Waals surface area (Å²) in [5.41, 5.74) is 5.00. The molecular weight excluding hydrogens is 479 g/mol. The van der Waals surface area contributed by atoms with Gasteiger partial charge >= 0.3 is 6.36 Å². The van der Waals surface area contributed by atoms with Gasteiger partial charge in [-0.15, -0.1) is 13.2 Å². The summed E-state index contributed by atoms with van der Waals surface area (Å²) in [5, 5.41) is 4.05. The highest BCUT2D eigenvalue weighted by Crippen LogP contribution is 2.36. The normalized spacial score (nSPS) is 12.5. The number of rotatable bonds is 5. The number of nitrogens with one attached hydrogen (secondary N) is 1. The Labute approximate surface area is 211 Å². The van der Waals surface area contributed by atoms with E-state index in [-0.39, 0.29) is 17.5 Å². The van der Waals surface area contributed by atoms with Crippen LogP contribution in [0.5, 0.6) is 5.75 Å². The van der Waals surface area contributed by atoms with Crippen LogP contribution in [0.1, 0.15) is 19.5 Å². The van der Waals surface area contributed by atoms with Gasteiger partial charge in [0.25, 0.3) is 0 Å². The Balaban J connectivity index is 1.83. The van der Waals surface area contributed by atoms with Crippen LogP contribution in [0.4, 0.5) is 24.5 Å². The van der Waals surface area contributed by atoms with Crippen molar-refractivity contribution >= 4 is 22.4 Å². The molecule has 0 bridgehead atoms. The van der Waals surface area contributed by atoms with Crippen molar-refractivity contribution < 1.29 is 17.9 Å². The number of halogens is 3. The molecule has 37 heavy (non-hydrogen) atoms. The first-order valence-electron chi connectivity index (χ1n) is 11.7. The Morgan fingerprint density at radius 3 is 2.46 bits per heavy atom. The largest absolute Gasteiger partial charge is 0.573 e. The van der Waals surface area contributed by atoms with Gasteiger partial charge in [0, 0.05) is 12.2 Å². The molecule has 188 valence electrons. The highest BCUT2D eigenvalue weighted by atomic mass is 19.4. The number of alkyl halides is 3. The maximum Gasteiger partial charge on any atom is 0.573 e. The molecule has 2 heterocycles. The van der Waals surface area contributed by atoms with Gasteiger partial charge in [-0.2, -0.15) is 0 Å². The number of fused-ring (bicyclic) bond motifs is 2. The van der Waals surface area contributed by atoms with Crippen molar-refractivity contribution in [2.45, 2.75) is 33.2 Å². The summed E-state index contributed by atoms with van der Waals surface area (Å²) in [7, 11) is 0. The Morgan fingerprint density at radius 1 is 0.946 bits per heavy atom. The molecular formula is C28H24F3N5O. The number of ether oxygens (including phenoxy) is 1. The van der Waals surface area contributed by atoms with Gasteiger partial charge in [-0.1, -0.05) is 24.3 Å². The van der Waals surface area contributed by atoms with E-state index in [4.69, 9.17) is 9.98 Å². The quantitative estimate of drug-likeness (QED) is 0.268. The third kappa shape index (κ3) is 5.11. The van der Waals surface area contributed by atoms with Crippen LogP contribution < -0.4 is 15.4 Å². The van der Waals surface area contributed by atoms with Crippen LogP contribution in [0, 0.1) is 6.92 Å². The van der Waals surface area contributed by atoms with Crippen LogP contribution >= 0.6 is 0 Å². The molecule has 6 nitrogen and oxygen atoms in total. The zero-order chi connectivity index (χ0) is 26.2. The molecule has 1 aromatic heterocycles. The average Bonchev–Trinajstić information content (AvgIpc) is 2.84. The van der Waals surface area contributed by atoms with E-state index in [2.05, 4.69) is 15.0 Å². The predicted molar refractivity (Wildman–Crippen MR) is 137 cm³/mol. The molecule has 1 aliphatic carbocycles. The van der Waals surface area contributed by atoms with Crippen molar-refractivity contribution in [1.29, 1.82) is 0 Å². The van der Waals surface area contributed by atoms with Crippen LogP contribution in [-0.2, 0) is 0 Å². The molecule has 5 rings (SSSR count). The van der Waals surface area contributed by atoms with Gasteiger partial charge in [0.05, 0.1) is 50.5 Å². The van der Waals surface area contributed by atoms with E-state index >= 15 is 0 Å². The summed E-state index contributed by atoms with van der Waals surface area (Å²) in [6.07, 6.45) is -3.12. The van der Waals surface area contributed by atoms with Gasteiger partial charge in [0.1, 0.15) is 0 Å². The Morgan fingerprint density at radius 2 is 1.70 bits per heavy atom. The molecule has 0 saturated carbocycles. The summed E-state index contributed by atoms with van der Waals surface area (Å²) >= 11 is 0. The SMILES string of the molecule is Cc1ncccc1Nc1cc2nc3ccccc3n(-c3ccccc3OC(F)(F)F)c-2c/c1=N\C(C)C. The lowest BCUT2D eigenvalue weighted by Crippen LogP contribution is -2.20. The minimum atomic E-state index is -4.84. The van der Waals surface area contributed by atoms with Crippen molar-refractivity contribution in [2.75, 3.05) is 5.32 Å². The lowest BCUT2D eigenvalue weighted by molar-refractivity contribution is -0.274. The van der Waals surface area contributed by atoms with Crippen molar-refractivity contribution in [2.24, 2.45) is 4.99 Å². The lowest BCUT2D eigenvalue weighted by Gasteiger charge is -2.22. The van der Waals surface area contributed by atoms with Crippen molar-refractivity contribution in [3.8, 4) is 22.8 Å². The van der Waals surface area contributed by atoms with Gasteiger partial charge in [-0.3, -0.25) is 9.98 Å². The number of pyridine rings is 1. The van der Waals surface area contributed by atoms with E-state index in [1.165, 1.54) is 12.1 Å². The highest BCUT2D eigenvalue weighted by Gasteiger charge is 2.32. The van der Waals surface area contributed by atoms with E-state index in [1.54, 1.807) is 22.9 Å². The second-order valence-corrected chi connectivity index (χ2v) is 8.79. The molecule has 1 aliphatic heterocycles. The number of hydrogen-bond acceptors (Lipinski definition) is 5. The fraction of sp³-hybridized carbons (Fsp3) is 0.179. The zero-order valence-corrected chi connectivity index (χ0v) is 20.4. The number of aromatic nitrogens is 3. The van der Waals surface area contributed by atoms with Crippen LogP contribution in [0.15, 0.2) is 84.0 Å². The van der Waals surface area contributed by atoms with Gasteiger partial charge in [0.2, 0.25) is 0 Å². The standard InChI is InChI=1S/C28H24F3N5O/c1-17(2)33-22-16-26-23(15-21(22)34-19-10-8-14-32-18(19)3)35-20-9-4-5-11-24(20)36(26)25-12-6-7-13-27(25)37-28(29,30)31/h4-17,34H,1-3H3/b33-22+. The molecule has 3 aromatic rings. The minimum absolute atomic E-state index is 0.0318. The molecule has 9 heteroatoms. The Hall–Kier alpha value is -4.40. The highest BCUT2D eigenvalue weighted by molar-refractivity contribution is 5.85. The first kappa shape index (κ1) is 24.3. The first-order valence-corrected chi connectivity index (χ1v) is 11.7. The summed E-state index contributed by atoms with van der Waals surface area (Å²) < 4.78 is 46.0. The van der Waals surface area contributed by atoms with Crippen molar-refractivity contribution in [3.05, 3.63) is 90.0 Å². The average molecular weight is 504 g/mol. The summed E-state index contributed by atoms with van der Waals surface area (Å²) in [6, 6.07) is 20.8. The van der Waals surface area contributed by atoms with Crippen molar-refractivity contribution in [3.63, 3.8) is 0 Å². The van der Waals surface area contributed by atoms with Crippen LogP contribution in [0.2, 0.25) is 0 Å². The van der Waals surface area contributed by atoms with Gasteiger partial charge in [0.15, 0.2) is 5.75 Å². The third-order valence-electron chi connectivity index (χ3n) is 5.70. The lowest BCUT2D eigenvalue weighted by atomic mass is 10.1. The molecule has 2 aliphatic rings. The Bertz CT molecular complexity index is 1620. The van der Waals surface area contributed by atoms with E-state index in [0.717, 1.165) is 11.4 Å². The first-order chi connectivity index (χ1) is 17.7. The molecule has 0 fully saturated rings. The molecule has 0 unspecified atom stereocenters. The topological polar surface area (TPSA) is 64.3 Å². The third-order valence-corrected chi connectivity index (χ3v) is 5.70. The zero-order valence-electron chi connectivity index (χ0n) is 20.4. The van der Waals surface area contributed by atoms with Crippen LogP contribution in [0.3, 0.4) is 0 Å². The number of aryl methyl sites for hydroxylation is 1. The van der Waals surface area contributed by atoms with E-state index in [9.17, 15) is 13.2 Å². The molecule has 0 spiro atoms. The molecule has 0 saturated heterocycles. The number of hydrogen-bond donors (Lipinski definition) is 1. The Kier molecular flexibility index (Phi) is 6.29. The fourth-order valence-corrected chi connectivity index (χ4v) is 4.20. The monoisotopic (exact) mass is 503 g/mol. The molecule has 0 amide bonds. The molecule has 0 radical (unpaired) electrons. The van der Waals surface area contributed by atoms with E-state index in [0.29, 0.717) is 33.5 Å². The fourth-order valence-electron chi connectivity index (χ4n) is 4.20. The maximum atomic E-state index is 13.3. The van der Waals surface area contributed by atoms with Gasteiger partial charge in [-0.25, -0.2) is 4.98 Å².